The van der Waals surface area contributed by atoms with Gasteiger partial charge in [-0.2, -0.15) is 0 Å². The van der Waals surface area contributed by atoms with E-state index in [4.69, 9.17) is 21.1 Å². The summed E-state index contributed by atoms with van der Waals surface area (Å²) in [6, 6.07) is 5.46. The van der Waals surface area contributed by atoms with Crippen molar-refractivity contribution in [3.63, 3.8) is 0 Å². The van der Waals surface area contributed by atoms with Crippen LogP contribution in [0.1, 0.15) is 5.56 Å². The third kappa shape index (κ3) is 2.96. The van der Waals surface area contributed by atoms with Gasteiger partial charge in [-0.25, -0.2) is 4.98 Å². The lowest BCUT2D eigenvalue weighted by Gasteiger charge is -2.11. The maximum absolute atomic E-state index is 12.0. The number of ether oxygens (including phenoxy) is 2. The van der Waals surface area contributed by atoms with Crippen LogP contribution in [0.4, 0.5) is 0 Å². The van der Waals surface area contributed by atoms with Crippen LogP contribution in [0.2, 0.25) is 5.15 Å². The van der Waals surface area contributed by atoms with Gasteiger partial charge < -0.3 is 9.47 Å². The number of nitrogens with zero attached hydrogens (tertiary/aromatic N) is 2. The standard InChI is InChI=1S/C13H12BrClN2O3/c1-19-9-4-3-8(5-10(9)20-2)6-17-7-16-12(15)11(14)13(17)18/h3-5,7H,6H2,1-2H3. The van der Waals surface area contributed by atoms with Gasteiger partial charge in [0.1, 0.15) is 4.47 Å². The van der Waals surface area contributed by atoms with Gasteiger partial charge in [-0.3, -0.25) is 9.36 Å². The minimum Gasteiger partial charge on any atom is -0.493 e. The molecule has 0 spiro atoms. The number of aromatic nitrogens is 2. The average molecular weight is 360 g/mol. The zero-order chi connectivity index (χ0) is 14.7. The second-order valence-corrected chi connectivity index (χ2v) is 5.12. The largest absolute Gasteiger partial charge is 0.493 e. The molecule has 106 valence electrons. The Morgan fingerprint density at radius 3 is 2.65 bits per heavy atom. The first-order valence-electron chi connectivity index (χ1n) is 5.68. The van der Waals surface area contributed by atoms with E-state index >= 15 is 0 Å². The highest BCUT2D eigenvalue weighted by molar-refractivity contribution is 9.10. The SMILES string of the molecule is COc1ccc(Cn2cnc(Cl)c(Br)c2=O)cc1OC. The molecule has 0 aliphatic heterocycles. The quantitative estimate of drug-likeness (QED) is 0.788. The van der Waals surface area contributed by atoms with Crippen molar-refractivity contribution in [3.05, 3.63) is 50.1 Å². The third-order valence-corrected chi connectivity index (χ3v) is 3.97. The summed E-state index contributed by atoms with van der Waals surface area (Å²) in [5.74, 6) is 1.25. The summed E-state index contributed by atoms with van der Waals surface area (Å²) < 4.78 is 12.1. The van der Waals surface area contributed by atoms with Gasteiger partial charge in [-0.05, 0) is 33.6 Å². The first-order valence-corrected chi connectivity index (χ1v) is 6.85. The van der Waals surface area contributed by atoms with Crippen LogP contribution in [-0.2, 0) is 6.54 Å². The number of hydrogen-bond acceptors (Lipinski definition) is 4. The van der Waals surface area contributed by atoms with Crippen molar-refractivity contribution < 1.29 is 9.47 Å². The first kappa shape index (κ1) is 14.9. The molecule has 2 rings (SSSR count). The number of rotatable bonds is 4. The average Bonchev–Trinajstić information content (AvgIpc) is 2.47. The summed E-state index contributed by atoms with van der Waals surface area (Å²) in [5.41, 5.74) is 0.653. The van der Waals surface area contributed by atoms with Crippen LogP contribution in [0.5, 0.6) is 11.5 Å². The lowest BCUT2D eigenvalue weighted by atomic mass is 10.2. The maximum atomic E-state index is 12.0. The summed E-state index contributed by atoms with van der Waals surface area (Å²) in [7, 11) is 3.14. The smallest absolute Gasteiger partial charge is 0.269 e. The van der Waals surface area contributed by atoms with Crippen LogP contribution in [0.25, 0.3) is 0 Å². The fourth-order valence-corrected chi connectivity index (χ4v) is 2.19. The van der Waals surface area contributed by atoms with Crippen LogP contribution in [0, 0.1) is 0 Å². The highest BCUT2D eigenvalue weighted by Gasteiger charge is 2.09. The Balaban J connectivity index is 2.36. The summed E-state index contributed by atoms with van der Waals surface area (Å²) in [4.78, 5) is 15.9. The number of benzene rings is 1. The van der Waals surface area contributed by atoms with Crippen molar-refractivity contribution in [2.24, 2.45) is 0 Å². The van der Waals surface area contributed by atoms with Crippen LogP contribution in [-0.4, -0.2) is 23.8 Å². The van der Waals surface area contributed by atoms with Gasteiger partial charge in [-0.1, -0.05) is 17.7 Å². The van der Waals surface area contributed by atoms with E-state index in [-0.39, 0.29) is 15.2 Å². The third-order valence-electron chi connectivity index (χ3n) is 2.74. The van der Waals surface area contributed by atoms with E-state index in [1.807, 2.05) is 12.1 Å². The molecular weight excluding hydrogens is 348 g/mol. The number of methoxy groups -OCH3 is 2. The molecule has 1 heterocycles. The lowest BCUT2D eigenvalue weighted by Crippen LogP contribution is -2.21. The van der Waals surface area contributed by atoms with Crippen molar-refractivity contribution in [1.82, 2.24) is 9.55 Å². The van der Waals surface area contributed by atoms with Crippen LogP contribution >= 0.6 is 27.5 Å². The monoisotopic (exact) mass is 358 g/mol. The van der Waals surface area contributed by atoms with Gasteiger partial charge in [0.05, 0.1) is 27.1 Å². The molecule has 20 heavy (non-hydrogen) atoms. The molecule has 1 aromatic carbocycles. The van der Waals surface area contributed by atoms with Gasteiger partial charge in [0, 0.05) is 0 Å². The normalized spacial score (nSPS) is 10.4. The molecule has 0 atom stereocenters. The van der Waals surface area contributed by atoms with E-state index in [1.165, 1.54) is 10.9 Å². The topological polar surface area (TPSA) is 53.4 Å². The van der Waals surface area contributed by atoms with Crippen molar-refractivity contribution >= 4 is 27.5 Å². The van der Waals surface area contributed by atoms with E-state index < -0.39 is 0 Å². The summed E-state index contributed by atoms with van der Waals surface area (Å²) in [6.07, 6.45) is 1.41. The Kier molecular flexibility index (Phi) is 4.67. The lowest BCUT2D eigenvalue weighted by molar-refractivity contribution is 0.354. The second-order valence-electron chi connectivity index (χ2n) is 3.97. The Morgan fingerprint density at radius 1 is 1.30 bits per heavy atom. The molecule has 0 amide bonds. The fraction of sp³-hybridized carbons (Fsp3) is 0.231. The summed E-state index contributed by atoms with van der Waals surface area (Å²) in [5, 5.41) is 0.151. The second kappa shape index (κ2) is 6.28. The minimum atomic E-state index is -0.236. The Hall–Kier alpha value is -1.53. The van der Waals surface area contributed by atoms with E-state index in [1.54, 1.807) is 20.3 Å². The molecule has 7 heteroatoms. The number of halogens is 2. The predicted molar refractivity (Wildman–Crippen MR) is 79.9 cm³/mol. The molecule has 5 nitrogen and oxygen atoms in total. The van der Waals surface area contributed by atoms with E-state index in [2.05, 4.69) is 20.9 Å². The molecular formula is C13H12BrClN2O3. The Morgan fingerprint density at radius 2 is 2.00 bits per heavy atom. The van der Waals surface area contributed by atoms with Crippen molar-refractivity contribution in [2.75, 3.05) is 14.2 Å². The maximum Gasteiger partial charge on any atom is 0.269 e. The van der Waals surface area contributed by atoms with Crippen molar-refractivity contribution in [1.29, 1.82) is 0 Å². The molecule has 2 aromatic rings. The van der Waals surface area contributed by atoms with Crippen molar-refractivity contribution in [3.8, 4) is 11.5 Å². The van der Waals surface area contributed by atoms with Gasteiger partial charge in [0.2, 0.25) is 0 Å². The molecule has 0 fully saturated rings. The van der Waals surface area contributed by atoms with Gasteiger partial charge in [-0.15, -0.1) is 0 Å². The van der Waals surface area contributed by atoms with Gasteiger partial charge in [0.15, 0.2) is 16.7 Å². The molecule has 0 aliphatic rings. The molecule has 0 bridgehead atoms. The minimum absolute atomic E-state index is 0.151. The van der Waals surface area contributed by atoms with E-state index in [0.29, 0.717) is 18.0 Å². The Labute approximate surface area is 129 Å². The van der Waals surface area contributed by atoms with Crippen LogP contribution in [0.15, 0.2) is 33.8 Å². The van der Waals surface area contributed by atoms with Crippen LogP contribution < -0.4 is 15.0 Å². The highest BCUT2D eigenvalue weighted by atomic mass is 79.9. The predicted octanol–water partition coefficient (Wildman–Crippen LogP) is 2.72. The van der Waals surface area contributed by atoms with Crippen molar-refractivity contribution in [2.45, 2.75) is 6.54 Å². The first-order chi connectivity index (χ1) is 9.56. The van der Waals surface area contributed by atoms with E-state index in [0.717, 1.165) is 5.56 Å². The molecule has 0 radical (unpaired) electrons. The van der Waals surface area contributed by atoms with Gasteiger partial charge in [0.25, 0.3) is 5.56 Å². The Bertz CT molecular complexity index is 688. The zero-order valence-electron chi connectivity index (χ0n) is 10.9. The summed E-state index contributed by atoms with van der Waals surface area (Å²) >= 11 is 8.89. The zero-order valence-corrected chi connectivity index (χ0v) is 13.2. The fourth-order valence-electron chi connectivity index (χ4n) is 1.73. The van der Waals surface area contributed by atoms with Gasteiger partial charge >= 0.3 is 0 Å². The van der Waals surface area contributed by atoms with E-state index in [9.17, 15) is 4.79 Å². The van der Waals surface area contributed by atoms with Crippen LogP contribution in [0.3, 0.4) is 0 Å². The number of hydrogen-bond donors (Lipinski definition) is 0. The summed E-state index contributed by atoms with van der Waals surface area (Å²) in [6.45, 7) is 0.363. The molecule has 1 aromatic heterocycles. The molecule has 0 saturated carbocycles. The molecule has 0 N–H and O–H groups in total. The molecule has 0 unspecified atom stereocenters. The highest BCUT2D eigenvalue weighted by Crippen LogP contribution is 2.27. The molecule has 0 aliphatic carbocycles. The molecule has 0 saturated heterocycles.